The number of hydrogen-bond donors (Lipinski definition) is 1. The molecular weight excluding hydrogens is 280 g/mol. The van der Waals surface area contributed by atoms with E-state index in [0.717, 1.165) is 34.2 Å². The summed E-state index contributed by atoms with van der Waals surface area (Å²) in [6.07, 6.45) is 0.550. The van der Waals surface area contributed by atoms with Crippen LogP contribution < -0.4 is 5.32 Å². The molecule has 1 aromatic rings. The van der Waals surface area contributed by atoms with Gasteiger partial charge in [0.1, 0.15) is 0 Å². The van der Waals surface area contributed by atoms with Gasteiger partial charge in [-0.15, -0.1) is 0 Å². The van der Waals surface area contributed by atoms with Gasteiger partial charge in [0.2, 0.25) is 0 Å². The van der Waals surface area contributed by atoms with Gasteiger partial charge in [0, 0.05) is 25.2 Å². The third kappa shape index (κ3) is 3.40. The molecule has 1 heterocycles. The lowest BCUT2D eigenvalue weighted by Gasteiger charge is -2.26. The fourth-order valence-electron chi connectivity index (χ4n) is 2.75. The topological polar surface area (TPSA) is 58.6 Å². The van der Waals surface area contributed by atoms with Crippen molar-refractivity contribution < 1.29 is 14.3 Å². The lowest BCUT2D eigenvalue weighted by Crippen LogP contribution is -2.42. The molecular formula is C17H24N2O3. The Morgan fingerprint density at radius 1 is 1.23 bits per heavy atom. The largest absolute Gasteiger partial charge is 0.449 e. The molecule has 1 aliphatic heterocycles. The van der Waals surface area contributed by atoms with Gasteiger partial charge < -0.3 is 15.0 Å². The lowest BCUT2D eigenvalue weighted by atomic mass is 9.94. The number of nitrogens with zero attached hydrogens (tertiary/aromatic N) is 1. The molecule has 0 aromatic heterocycles. The predicted octanol–water partition coefficient (Wildman–Crippen LogP) is 2.49. The Morgan fingerprint density at radius 2 is 1.86 bits per heavy atom. The maximum Gasteiger partial charge on any atom is 0.409 e. The normalized spacial score (nSPS) is 14.7. The molecule has 0 radical (unpaired) electrons. The highest BCUT2D eigenvalue weighted by Gasteiger charge is 2.20. The highest BCUT2D eigenvalue weighted by Crippen LogP contribution is 2.21. The number of benzene rings is 1. The van der Waals surface area contributed by atoms with E-state index < -0.39 is 0 Å². The van der Waals surface area contributed by atoms with Crippen molar-refractivity contribution in [2.75, 3.05) is 26.2 Å². The standard InChI is InChI=1S/C17H24N2O3/c1-11-10-12(2)14(4)15(13(11)3)16(20)18-6-8-19-7-5-9-22-17(19)21/h10H,5-9H2,1-4H3,(H,18,20). The second-order valence-electron chi connectivity index (χ2n) is 5.85. The molecule has 1 aliphatic rings. The van der Waals surface area contributed by atoms with Crippen LogP contribution in [0.15, 0.2) is 6.07 Å². The molecule has 0 aliphatic carbocycles. The summed E-state index contributed by atoms with van der Waals surface area (Å²) in [4.78, 5) is 25.6. The molecule has 5 heteroatoms. The Kier molecular flexibility index (Phi) is 5.06. The Bertz CT molecular complexity index is 570. The summed E-state index contributed by atoms with van der Waals surface area (Å²) in [5, 5.41) is 2.91. The fourth-order valence-corrected chi connectivity index (χ4v) is 2.75. The van der Waals surface area contributed by atoms with Gasteiger partial charge in [0.25, 0.3) is 5.91 Å². The van der Waals surface area contributed by atoms with Gasteiger partial charge in [-0.3, -0.25) is 4.79 Å². The minimum Gasteiger partial charge on any atom is -0.449 e. The predicted molar refractivity (Wildman–Crippen MR) is 85.3 cm³/mol. The first-order valence-electron chi connectivity index (χ1n) is 7.69. The SMILES string of the molecule is Cc1cc(C)c(C)c(C(=O)NCCN2CCCOC2=O)c1C. The van der Waals surface area contributed by atoms with Crippen LogP contribution in [0.2, 0.25) is 0 Å². The van der Waals surface area contributed by atoms with Crippen LogP contribution in [0.4, 0.5) is 4.79 Å². The second-order valence-corrected chi connectivity index (χ2v) is 5.85. The third-order valence-corrected chi connectivity index (χ3v) is 4.32. The third-order valence-electron chi connectivity index (χ3n) is 4.32. The summed E-state index contributed by atoms with van der Waals surface area (Å²) in [7, 11) is 0. The molecule has 0 atom stereocenters. The van der Waals surface area contributed by atoms with Gasteiger partial charge in [-0.05, 0) is 56.4 Å². The van der Waals surface area contributed by atoms with Gasteiger partial charge in [-0.25, -0.2) is 4.79 Å². The van der Waals surface area contributed by atoms with Crippen LogP contribution in [0.3, 0.4) is 0 Å². The first kappa shape index (κ1) is 16.3. The highest BCUT2D eigenvalue weighted by atomic mass is 16.6. The Hall–Kier alpha value is -2.04. The van der Waals surface area contributed by atoms with Crippen molar-refractivity contribution in [3.63, 3.8) is 0 Å². The fraction of sp³-hybridized carbons (Fsp3) is 0.529. The number of hydrogen-bond acceptors (Lipinski definition) is 3. The Balaban J connectivity index is 2.00. The van der Waals surface area contributed by atoms with Crippen molar-refractivity contribution in [1.82, 2.24) is 10.2 Å². The van der Waals surface area contributed by atoms with Gasteiger partial charge in [-0.1, -0.05) is 6.07 Å². The first-order valence-corrected chi connectivity index (χ1v) is 7.69. The summed E-state index contributed by atoms with van der Waals surface area (Å²) in [6, 6.07) is 2.10. The van der Waals surface area contributed by atoms with E-state index in [2.05, 4.69) is 11.4 Å². The summed E-state index contributed by atoms with van der Waals surface area (Å²) in [5.41, 5.74) is 5.01. The van der Waals surface area contributed by atoms with E-state index in [4.69, 9.17) is 4.74 Å². The molecule has 1 saturated heterocycles. The Morgan fingerprint density at radius 3 is 2.45 bits per heavy atom. The van der Waals surface area contributed by atoms with E-state index >= 15 is 0 Å². The van der Waals surface area contributed by atoms with E-state index in [1.165, 1.54) is 0 Å². The number of rotatable bonds is 4. The second kappa shape index (κ2) is 6.81. The van der Waals surface area contributed by atoms with E-state index in [9.17, 15) is 9.59 Å². The molecule has 0 saturated carbocycles. The van der Waals surface area contributed by atoms with Crippen molar-refractivity contribution in [3.8, 4) is 0 Å². The summed E-state index contributed by atoms with van der Waals surface area (Å²) in [6.45, 7) is 10.1. The molecule has 120 valence electrons. The van der Waals surface area contributed by atoms with Crippen molar-refractivity contribution in [2.45, 2.75) is 34.1 Å². The first-order chi connectivity index (χ1) is 10.4. The lowest BCUT2D eigenvalue weighted by molar-refractivity contribution is 0.0719. The van der Waals surface area contributed by atoms with Crippen molar-refractivity contribution in [3.05, 3.63) is 33.9 Å². The van der Waals surface area contributed by atoms with Gasteiger partial charge >= 0.3 is 6.09 Å². The zero-order valence-electron chi connectivity index (χ0n) is 13.8. The van der Waals surface area contributed by atoms with Crippen molar-refractivity contribution >= 4 is 12.0 Å². The number of ether oxygens (including phenoxy) is 1. The van der Waals surface area contributed by atoms with Crippen LogP contribution >= 0.6 is 0 Å². The summed E-state index contributed by atoms with van der Waals surface area (Å²) >= 11 is 0. The molecule has 0 spiro atoms. The van der Waals surface area contributed by atoms with E-state index in [1.807, 2.05) is 27.7 Å². The van der Waals surface area contributed by atoms with Crippen LogP contribution in [0.1, 0.15) is 39.0 Å². The number of carbonyl (C=O) groups excluding carboxylic acids is 2. The minimum atomic E-state index is -0.292. The van der Waals surface area contributed by atoms with Gasteiger partial charge in [-0.2, -0.15) is 0 Å². The Labute approximate surface area is 131 Å². The van der Waals surface area contributed by atoms with E-state index in [1.54, 1.807) is 4.90 Å². The van der Waals surface area contributed by atoms with E-state index in [0.29, 0.717) is 26.2 Å². The maximum absolute atomic E-state index is 12.5. The zero-order valence-corrected chi connectivity index (χ0v) is 13.8. The van der Waals surface area contributed by atoms with Gasteiger partial charge in [0.05, 0.1) is 6.61 Å². The summed E-state index contributed by atoms with van der Waals surface area (Å²) in [5.74, 6) is -0.0767. The summed E-state index contributed by atoms with van der Waals surface area (Å²) < 4.78 is 4.98. The smallest absolute Gasteiger partial charge is 0.409 e. The number of cyclic esters (lactones) is 1. The van der Waals surface area contributed by atoms with Gasteiger partial charge in [0.15, 0.2) is 0 Å². The molecule has 1 N–H and O–H groups in total. The van der Waals surface area contributed by atoms with Crippen LogP contribution in [-0.2, 0) is 4.74 Å². The van der Waals surface area contributed by atoms with Crippen LogP contribution in [-0.4, -0.2) is 43.1 Å². The molecule has 5 nitrogen and oxygen atoms in total. The molecule has 1 aromatic carbocycles. The van der Waals surface area contributed by atoms with Crippen LogP contribution in [0.25, 0.3) is 0 Å². The van der Waals surface area contributed by atoms with Crippen molar-refractivity contribution in [2.24, 2.45) is 0 Å². The minimum absolute atomic E-state index is 0.0767. The molecule has 22 heavy (non-hydrogen) atoms. The maximum atomic E-state index is 12.5. The average Bonchev–Trinajstić information content (AvgIpc) is 2.47. The average molecular weight is 304 g/mol. The number of nitrogens with one attached hydrogen (secondary N) is 1. The van der Waals surface area contributed by atoms with Crippen molar-refractivity contribution in [1.29, 1.82) is 0 Å². The molecule has 1 fully saturated rings. The number of amides is 2. The quantitative estimate of drug-likeness (QED) is 0.929. The zero-order chi connectivity index (χ0) is 16.3. The molecule has 2 rings (SSSR count). The number of carbonyl (C=O) groups is 2. The number of aryl methyl sites for hydroxylation is 2. The van der Waals surface area contributed by atoms with Crippen LogP contribution in [0, 0.1) is 27.7 Å². The molecule has 0 bridgehead atoms. The van der Waals surface area contributed by atoms with Crippen LogP contribution in [0.5, 0.6) is 0 Å². The highest BCUT2D eigenvalue weighted by molar-refractivity contribution is 5.97. The monoisotopic (exact) mass is 304 g/mol. The molecule has 0 unspecified atom stereocenters. The molecule has 2 amide bonds. The van der Waals surface area contributed by atoms with E-state index in [-0.39, 0.29) is 12.0 Å².